The van der Waals surface area contributed by atoms with Gasteiger partial charge in [0.25, 0.3) is 0 Å². The highest BCUT2D eigenvalue weighted by Crippen LogP contribution is 2.33. The van der Waals surface area contributed by atoms with Gasteiger partial charge in [-0.05, 0) is 32.4 Å². The highest BCUT2D eigenvalue weighted by Gasteiger charge is 2.33. The van der Waals surface area contributed by atoms with Crippen LogP contribution in [-0.2, 0) is 0 Å². The molecule has 5 heteroatoms. The van der Waals surface area contributed by atoms with Gasteiger partial charge >= 0.3 is 6.61 Å². The number of nitrogens with one attached hydrogen (secondary N) is 1. The maximum atomic E-state index is 12.5. The first-order valence-electron chi connectivity index (χ1n) is 7.01. The molecule has 2 unspecified atom stereocenters. The van der Waals surface area contributed by atoms with Crippen LogP contribution in [0.2, 0.25) is 0 Å². The minimum Gasteiger partial charge on any atom is -0.433 e. The van der Waals surface area contributed by atoms with E-state index >= 15 is 0 Å². The molecule has 0 aliphatic carbocycles. The van der Waals surface area contributed by atoms with Crippen LogP contribution < -0.4 is 15.0 Å². The van der Waals surface area contributed by atoms with E-state index in [1.54, 1.807) is 12.1 Å². The largest absolute Gasteiger partial charge is 0.433 e. The van der Waals surface area contributed by atoms with Crippen molar-refractivity contribution in [2.75, 3.05) is 18.0 Å². The molecule has 1 N–H and O–H groups in total. The summed E-state index contributed by atoms with van der Waals surface area (Å²) < 4.78 is 29.7. The molecule has 0 amide bonds. The summed E-state index contributed by atoms with van der Waals surface area (Å²) in [6, 6.07) is 7.24. The quantitative estimate of drug-likeness (QED) is 0.918. The molecule has 1 saturated heterocycles. The number of alkyl halides is 2. The Kier molecular flexibility index (Phi) is 4.48. The molecule has 1 fully saturated rings. The lowest BCUT2D eigenvalue weighted by Gasteiger charge is -2.46. The van der Waals surface area contributed by atoms with E-state index in [0.717, 1.165) is 25.2 Å². The number of anilines is 1. The van der Waals surface area contributed by atoms with Crippen LogP contribution in [0, 0.1) is 0 Å². The molecule has 2 rings (SSSR count). The topological polar surface area (TPSA) is 24.5 Å². The van der Waals surface area contributed by atoms with Crippen LogP contribution in [0.15, 0.2) is 24.3 Å². The van der Waals surface area contributed by atoms with Crippen LogP contribution in [0.4, 0.5) is 14.5 Å². The fourth-order valence-corrected chi connectivity index (χ4v) is 2.54. The standard InChI is InChI=1S/C15H22F2N2O/c1-4-15(3)10-19(11(2)9-18-15)12-7-5-6-8-13(12)20-14(16)17/h5-8,11,14,18H,4,9-10H2,1-3H3. The minimum atomic E-state index is -2.80. The van der Waals surface area contributed by atoms with Gasteiger partial charge in [-0.25, -0.2) is 0 Å². The maximum Gasteiger partial charge on any atom is 0.387 e. The van der Waals surface area contributed by atoms with E-state index in [-0.39, 0.29) is 17.3 Å². The van der Waals surface area contributed by atoms with Crippen LogP contribution in [0.3, 0.4) is 0 Å². The minimum absolute atomic E-state index is 0.00947. The fourth-order valence-electron chi connectivity index (χ4n) is 2.54. The van der Waals surface area contributed by atoms with Gasteiger partial charge < -0.3 is 15.0 Å². The summed E-state index contributed by atoms with van der Waals surface area (Å²) in [5.41, 5.74) is 0.728. The molecule has 1 aromatic carbocycles. The molecule has 1 aromatic rings. The number of hydrogen-bond acceptors (Lipinski definition) is 3. The van der Waals surface area contributed by atoms with Gasteiger partial charge in [0.15, 0.2) is 0 Å². The van der Waals surface area contributed by atoms with Crippen molar-refractivity contribution in [3.63, 3.8) is 0 Å². The van der Waals surface area contributed by atoms with E-state index in [1.807, 2.05) is 12.1 Å². The zero-order valence-corrected chi connectivity index (χ0v) is 12.2. The number of halogens is 2. The molecule has 0 spiro atoms. The second-order valence-electron chi connectivity index (χ2n) is 5.62. The van der Waals surface area contributed by atoms with E-state index in [1.165, 1.54) is 0 Å². The first-order chi connectivity index (χ1) is 9.45. The first-order valence-corrected chi connectivity index (χ1v) is 7.01. The predicted molar refractivity (Wildman–Crippen MR) is 76.6 cm³/mol. The van der Waals surface area contributed by atoms with Crippen LogP contribution in [0.5, 0.6) is 5.75 Å². The summed E-state index contributed by atoms with van der Waals surface area (Å²) in [5.74, 6) is 0.245. The van der Waals surface area contributed by atoms with E-state index in [2.05, 4.69) is 35.7 Å². The molecule has 20 heavy (non-hydrogen) atoms. The van der Waals surface area contributed by atoms with Gasteiger partial charge in [-0.3, -0.25) is 0 Å². The lowest BCUT2D eigenvalue weighted by atomic mass is 9.93. The van der Waals surface area contributed by atoms with Crippen LogP contribution >= 0.6 is 0 Å². The number of ether oxygens (including phenoxy) is 1. The monoisotopic (exact) mass is 284 g/mol. The molecule has 0 radical (unpaired) electrons. The fraction of sp³-hybridized carbons (Fsp3) is 0.600. The van der Waals surface area contributed by atoms with Crippen molar-refractivity contribution < 1.29 is 13.5 Å². The zero-order chi connectivity index (χ0) is 14.8. The summed E-state index contributed by atoms with van der Waals surface area (Å²) in [6.45, 7) is 5.17. The Morgan fingerprint density at radius 1 is 1.45 bits per heavy atom. The third-order valence-electron chi connectivity index (χ3n) is 4.05. The number of nitrogens with zero attached hydrogens (tertiary/aromatic N) is 1. The highest BCUT2D eigenvalue weighted by molar-refractivity contribution is 5.59. The van der Waals surface area contributed by atoms with Crippen molar-refractivity contribution in [2.45, 2.75) is 45.4 Å². The van der Waals surface area contributed by atoms with E-state index in [9.17, 15) is 8.78 Å². The summed E-state index contributed by atoms with van der Waals surface area (Å²) in [4.78, 5) is 2.15. The van der Waals surface area contributed by atoms with Gasteiger partial charge in [0.1, 0.15) is 5.75 Å². The van der Waals surface area contributed by atoms with Gasteiger partial charge in [-0.15, -0.1) is 0 Å². The van der Waals surface area contributed by atoms with Crippen LogP contribution in [-0.4, -0.2) is 31.3 Å². The van der Waals surface area contributed by atoms with E-state index in [0.29, 0.717) is 0 Å². The molecule has 1 aliphatic heterocycles. The van der Waals surface area contributed by atoms with E-state index in [4.69, 9.17) is 0 Å². The van der Waals surface area contributed by atoms with Gasteiger partial charge in [0, 0.05) is 24.7 Å². The average Bonchev–Trinajstić information content (AvgIpc) is 2.42. The molecule has 112 valence electrons. The molecule has 1 aliphatic rings. The molecular formula is C15H22F2N2O. The Hall–Kier alpha value is -1.36. The molecule has 1 heterocycles. The molecule has 2 atom stereocenters. The molecule has 0 bridgehead atoms. The lowest BCUT2D eigenvalue weighted by Crippen LogP contribution is -2.62. The van der Waals surface area contributed by atoms with Crippen molar-refractivity contribution in [3.05, 3.63) is 24.3 Å². The van der Waals surface area contributed by atoms with E-state index < -0.39 is 6.61 Å². The highest BCUT2D eigenvalue weighted by atomic mass is 19.3. The Bertz CT molecular complexity index is 455. The Balaban J connectivity index is 2.29. The normalized spacial score (nSPS) is 26.9. The lowest BCUT2D eigenvalue weighted by molar-refractivity contribution is -0.0496. The second kappa shape index (κ2) is 5.95. The third-order valence-corrected chi connectivity index (χ3v) is 4.05. The maximum absolute atomic E-state index is 12.5. The summed E-state index contributed by atoms with van der Waals surface area (Å²) in [7, 11) is 0. The Labute approximate surface area is 118 Å². The SMILES string of the molecule is CCC1(C)CN(c2ccccc2OC(F)F)C(C)CN1. The van der Waals surface area contributed by atoms with Crippen molar-refractivity contribution in [3.8, 4) is 5.75 Å². The number of para-hydroxylation sites is 2. The number of hydrogen-bond donors (Lipinski definition) is 1. The van der Waals surface area contributed by atoms with Crippen LogP contribution in [0.25, 0.3) is 0 Å². The zero-order valence-electron chi connectivity index (χ0n) is 12.2. The van der Waals surface area contributed by atoms with Gasteiger partial charge in [-0.2, -0.15) is 8.78 Å². The van der Waals surface area contributed by atoms with Gasteiger partial charge in [0.2, 0.25) is 0 Å². The van der Waals surface area contributed by atoms with Crippen molar-refractivity contribution in [1.82, 2.24) is 5.32 Å². The van der Waals surface area contributed by atoms with Crippen LogP contribution in [0.1, 0.15) is 27.2 Å². The summed E-state index contributed by atoms with van der Waals surface area (Å²) in [6.07, 6.45) is 0.980. The number of benzene rings is 1. The van der Waals surface area contributed by atoms with Crippen molar-refractivity contribution in [1.29, 1.82) is 0 Å². The third kappa shape index (κ3) is 3.20. The van der Waals surface area contributed by atoms with Crippen molar-refractivity contribution in [2.24, 2.45) is 0 Å². The predicted octanol–water partition coefficient (Wildman–Crippen LogP) is 3.25. The Morgan fingerprint density at radius 2 is 2.15 bits per heavy atom. The van der Waals surface area contributed by atoms with Crippen molar-refractivity contribution >= 4 is 5.69 Å². The smallest absolute Gasteiger partial charge is 0.387 e. The Morgan fingerprint density at radius 3 is 2.80 bits per heavy atom. The molecule has 0 saturated carbocycles. The van der Waals surface area contributed by atoms with Gasteiger partial charge in [-0.1, -0.05) is 19.1 Å². The molecule has 0 aromatic heterocycles. The molecule has 3 nitrogen and oxygen atoms in total. The average molecular weight is 284 g/mol. The van der Waals surface area contributed by atoms with Gasteiger partial charge in [0.05, 0.1) is 5.69 Å². The number of piperazine rings is 1. The molecular weight excluding hydrogens is 262 g/mol. The second-order valence-corrected chi connectivity index (χ2v) is 5.62. The summed E-state index contributed by atoms with van der Waals surface area (Å²) >= 11 is 0. The summed E-state index contributed by atoms with van der Waals surface area (Å²) in [5, 5.41) is 3.52. The first kappa shape index (κ1) is 15.0. The number of rotatable bonds is 4.